The van der Waals surface area contributed by atoms with Gasteiger partial charge in [0.15, 0.2) is 0 Å². The topological polar surface area (TPSA) is 38.4 Å². The van der Waals surface area contributed by atoms with Crippen LogP contribution in [0, 0.1) is 0 Å². The maximum Gasteiger partial charge on any atom is 0.251 e. The summed E-state index contributed by atoms with van der Waals surface area (Å²) in [6.07, 6.45) is 1.76. The second kappa shape index (κ2) is 5.31. The van der Waals surface area contributed by atoms with E-state index in [0.29, 0.717) is 5.88 Å². The lowest BCUT2D eigenvalue weighted by atomic mass is 10.2. The van der Waals surface area contributed by atoms with E-state index in [4.69, 9.17) is 4.52 Å². The third kappa shape index (κ3) is 2.77. The summed E-state index contributed by atoms with van der Waals surface area (Å²) in [6, 6.07) is 21.6. The van der Waals surface area contributed by atoms with E-state index in [1.807, 2.05) is 66.7 Å². The van der Waals surface area contributed by atoms with Crippen LogP contribution in [0.3, 0.4) is 0 Å². The molecule has 0 aliphatic heterocycles. The van der Waals surface area contributed by atoms with Gasteiger partial charge in [-0.25, -0.2) is 4.99 Å². The molecule has 0 atom stereocenters. The van der Waals surface area contributed by atoms with E-state index < -0.39 is 0 Å². The second-order valence-corrected chi connectivity index (χ2v) is 4.09. The standard InChI is InChI=1S/C16H12N2O/c1-3-7-13(8-4-1)12-17-16-11-15(18-19-16)14-9-5-2-6-10-14/h1-12H. The highest BCUT2D eigenvalue weighted by atomic mass is 16.5. The summed E-state index contributed by atoms with van der Waals surface area (Å²) in [5.41, 5.74) is 2.84. The van der Waals surface area contributed by atoms with Crippen LogP contribution in [0.1, 0.15) is 5.56 Å². The van der Waals surface area contributed by atoms with Gasteiger partial charge in [0.25, 0.3) is 5.88 Å². The Labute approximate surface area is 111 Å². The summed E-state index contributed by atoms with van der Waals surface area (Å²) in [6.45, 7) is 0. The van der Waals surface area contributed by atoms with Crippen molar-refractivity contribution in [2.75, 3.05) is 0 Å². The van der Waals surface area contributed by atoms with E-state index in [2.05, 4.69) is 10.1 Å². The van der Waals surface area contributed by atoms with Crippen LogP contribution in [0.5, 0.6) is 0 Å². The van der Waals surface area contributed by atoms with E-state index in [1.54, 1.807) is 6.21 Å². The van der Waals surface area contributed by atoms with Gasteiger partial charge >= 0.3 is 0 Å². The Morgan fingerprint density at radius 1 is 0.895 bits per heavy atom. The lowest BCUT2D eigenvalue weighted by Crippen LogP contribution is -1.76. The molecule has 3 rings (SSSR count). The molecule has 0 fully saturated rings. The van der Waals surface area contributed by atoms with Gasteiger partial charge in [-0.05, 0) is 5.56 Å². The second-order valence-electron chi connectivity index (χ2n) is 4.09. The number of aromatic nitrogens is 1. The third-order valence-corrected chi connectivity index (χ3v) is 2.71. The summed E-state index contributed by atoms with van der Waals surface area (Å²) >= 11 is 0. The largest absolute Gasteiger partial charge is 0.336 e. The van der Waals surface area contributed by atoms with Crippen LogP contribution >= 0.6 is 0 Å². The molecule has 0 N–H and O–H groups in total. The van der Waals surface area contributed by atoms with Crippen molar-refractivity contribution in [1.29, 1.82) is 0 Å². The zero-order valence-electron chi connectivity index (χ0n) is 10.2. The van der Waals surface area contributed by atoms with Crippen LogP contribution in [-0.2, 0) is 0 Å². The Kier molecular flexibility index (Phi) is 3.19. The van der Waals surface area contributed by atoms with Gasteiger partial charge in [-0.1, -0.05) is 65.8 Å². The number of aliphatic imine (C=N–C) groups is 1. The minimum Gasteiger partial charge on any atom is -0.336 e. The van der Waals surface area contributed by atoms with Gasteiger partial charge in [0.05, 0.1) is 0 Å². The van der Waals surface area contributed by atoms with E-state index in [-0.39, 0.29) is 0 Å². The molecule has 1 aromatic heterocycles. The molecule has 0 saturated heterocycles. The molecule has 0 unspecified atom stereocenters. The SMILES string of the molecule is C(=Nc1cc(-c2ccccc2)no1)c1ccccc1. The predicted octanol–water partition coefficient (Wildman–Crippen LogP) is 4.09. The first-order valence-corrected chi connectivity index (χ1v) is 6.03. The molecule has 0 saturated carbocycles. The van der Waals surface area contributed by atoms with Gasteiger partial charge in [-0.3, -0.25) is 0 Å². The van der Waals surface area contributed by atoms with Crippen molar-refractivity contribution in [3.8, 4) is 11.3 Å². The Morgan fingerprint density at radius 2 is 1.58 bits per heavy atom. The van der Waals surface area contributed by atoms with Crippen molar-refractivity contribution in [3.63, 3.8) is 0 Å². The smallest absolute Gasteiger partial charge is 0.251 e. The lowest BCUT2D eigenvalue weighted by molar-refractivity contribution is 0.433. The van der Waals surface area contributed by atoms with E-state index >= 15 is 0 Å². The molecule has 0 aliphatic carbocycles. The van der Waals surface area contributed by atoms with Crippen LogP contribution in [0.4, 0.5) is 5.88 Å². The minimum atomic E-state index is 0.503. The van der Waals surface area contributed by atoms with Crippen molar-refractivity contribution >= 4 is 12.1 Å². The lowest BCUT2D eigenvalue weighted by Gasteiger charge is -1.91. The van der Waals surface area contributed by atoms with Crippen molar-refractivity contribution in [2.24, 2.45) is 4.99 Å². The average Bonchev–Trinajstić information content (AvgIpc) is 2.96. The van der Waals surface area contributed by atoms with Crippen molar-refractivity contribution in [2.45, 2.75) is 0 Å². The van der Waals surface area contributed by atoms with E-state index in [0.717, 1.165) is 16.8 Å². The first-order chi connectivity index (χ1) is 9.42. The molecule has 0 amide bonds. The van der Waals surface area contributed by atoms with Crippen molar-refractivity contribution < 1.29 is 4.52 Å². The molecule has 92 valence electrons. The monoisotopic (exact) mass is 248 g/mol. The number of hydrogen-bond donors (Lipinski definition) is 0. The number of hydrogen-bond acceptors (Lipinski definition) is 3. The molecule has 0 bridgehead atoms. The Bertz CT molecular complexity index is 672. The molecule has 0 aliphatic rings. The Hall–Kier alpha value is -2.68. The van der Waals surface area contributed by atoms with Crippen LogP contribution in [0.25, 0.3) is 11.3 Å². The molecule has 2 aromatic carbocycles. The third-order valence-electron chi connectivity index (χ3n) is 2.71. The highest BCUT2D eigenvalue weighted by Crippen LogP contribution is 2.22. The quantitative estimate of drug-likeness (QED) is 0.655. The average molecular weight is 248 g/mol. The summed E-state index contributed by atoms with van der Waals surface area (Å²) in [5, 5.41) is 4.01. The summed E-state index contributed by atoms with van der Waals surface area (Å²) < 4.78 is 5.19. The molecule has 3 aromatic rings. The molecule has 19 heavy (non-hydrogen) atoms. The number of rotatable bonds is 3. The number of benzene rings is 2. The molecule has 0 spiro atoms. The predicted molar refractivity (Wildman–Crippen MR) is 75.6 cm³/mol. The Balaban J connectivity index is 1.81. The molecule has 1 heterocycles. The highest BCUT2D eigenvalue weighted by Gasteiger charge is 2.04. The molecule has 3 heteroatoms. The summed E-state index contributed by atoms with van der Waals surface area (Å²) in [5.74, 6) is 0.503. The number of nitrogens with zero attached hydrogens (tertiary/aromatic N) is 2. The zero-order valence-corrected chi connectivity index (χ0v) is 10.2. The van der Waals surface area contributed by atoms with Gasteiger partial charge < -0.3 is 4.52 Å². The van der Waals surface area contributed by atoms with Crippen molar-refractivity contribution in [3.05, 3.63) is 72.3 Å². The fourth-order valence-electron chi connectivity index (χ4n) is 1.75. The Morgan fingerprint density at radius 3 is 2.32 bits per heavy atom. The van der Waals surface area contributed by atoms with E-state index in [9.17, 15) is 0 Å². The van der Waals surface area contributed by atoms with Gasteiger partial charge in [-0.15, -0.1) is 0 Å². The summed E-state index contributed by atoms with van der Waals surface area (Å²) in [7, 11) is 0. The first-order valence-electron chi connectivity index (χ1n) is 6.03. The maximum atomic E-state index is 5.19. The maximum absolute atomic E-state index is 5.19. The normalized spacial score (nSPS) is 10.9. The first kappa shape index (κ1) is 11.4. The van der Waals surface area contributed by atoms with Crippen LogP contribution in [-0.4, -0.2) is 11.4 Å². The van der Waals surface area contributed by atoms with Gasteiger partial charge in [0.2, 0.25) is 0 Å². The molecular formula is C16H12N2O. The molecule has 3 nitrogen and oxygen atoms in total. The van der Waals surface area contributed by atoms with Gasteiger partial charge in [0, 0.05) is 17.8 Å². The van der Waals surface area contributed by atoms with Gasteiger partial charge in [0.1, 0.15) is 5.69 Å². The fraction of sp³-hybridized carbons (Fsp3) is 0. The van der Waals surface area contributed by atoms with E-state index in [1.165, 1.54) is 0 Å². The zero-order chi connectivity index (χ0) is 12.9. The molecule has 0 radical (unpaired) electrons. The highest BCUT2D eigenvalue weighted by molar-refractivity contribution is 5.81. The summed E-state index contributed by atoms with van der Waals surface area (Å²) in [4.78, 5) is 4.27. The van der Waals surface area contributed by atoms with Gasteiger partial charge in [-0.2, -0.15) is 0 Å². The van der Waals surface area contributed by atoms with Crippen LogP contribution in [0.2, 0.25) is 0 Å². The van der Waals surface area contributed by atoms with Crippen LogP contribution in [0.15, 0.2) is 76.2 Å². The minimum absolute atomic E-state index is 0.503. The molecular weight excluding hydrogens is 236 g/mol. The van der Waals surface area contributed by atoms with Crippen LogP contribution < -0.4 is 0 Å². The van der Waals surface area contributed by atoms with Crippen molar-refractivity contribution in [1.82, 2.24) is 5.16 Å². The fourth-order valence-corrected chi connectivity index (χ4v) is 1.75.